The normalized spacial score (nSPS) is 12.6. The molecule has 88 valence electrons. The van der Waals surface area contributed by atoms with E-state index in [0.29, 0.717) is 5.56 Å². The van der Waals surface area contributed by atoms with E-state index in [1.165, 1.54) is 7.11 Å². The van der Waals surface area contributed by atoms with Crippen LogP contribution in [-0.2, 0) is 4.74 Å². The summed E-state index contributed by atoms with van der Waals surface area (Å²) >= 11 is 0. The molecular weight excluding hydrogens is 216 g/mol. The number of benzene rings is 1. The predicted octanol–water partition coefficient (Wildman–Crippen LogP) is 1.39. The Balaban J connectivity index is 2.45. The largest absolute Gasteiger partial charge is 0.383 e. The Kier molecular flexibility index (Phi) is 3.46. The van der Waals surface area contributed by atoms with Gasteiger partial charge < -0.3 is 10.5 Å². The number of carbonyl (C=O) groups is 1. The van der Waals surface area contributed by atoms with Crippen molar-refractivity contribution in [2.45, 2.75) is 6.04 Å². The first-order chi connectivity index (χ1) is 8.24. The van der Waals surface area contributed by atoms with Gasteiger partial charge in [0.2, 0.25) is 0 Å². The zero-order chi connectivity index (χ0) is 12.3. The molecule has 0 amide bonds. The van der Waals surface area contributed by atoms with Crippen LogP contribution in [0.25, 0.3) is 10.8 Å². The summed E-state index contributed by atoms with van der Waals surface area (Å²) in [4.78, 5) is 16.2. The van der Waals surface area contributed by atoms with Crippen LogP contribution in [0.4, 0.5) is 0 Å². The van der Waals surface area contributed by atoms with E-state index in [2.05, 4.69) is 4.98 Å². The van der Waals surface area contributed by atoms with Gasteiger partial charge >= 0.3 is 0 Å². The molecule has 1 unspecified atom stereocenters. The summed E-state index contributed by atoms with van der Waals surface area (Å²) in [5.41, 5.74) is 6.38. The SMILES string of the molecule is COCC(N)C(=O)c1cccc2cnccc12. The minimum atomic E-state index is -0.626. The van der Waals surface area contributed by atoms with Gasteiger partial charge in [-0.25, -0.2) is 0 Å². The van der Waals surface area contributed by atoms with Gasteiger partial charge in [-0.2, -0.15) is 0 Å². The summed E-state index contributed by atoms with van der Waals surface area (Å²) in [6.45, 7) is 0.223. The van der Waals surface area contributed by atoms with E-state index >= 15 is 0 Å². The Labute approximate surface area is 99.4 Å². The van der Waals surface area contributed by atoms with Gasteiger partial charge in [0.05, 0.1) is 12.6 Å². The third kappa shape index (κ3) is 2.33. The molecule has 1 aromatic carbocycles. The molecule has 4 nitrogen and oxygen atoms in total. The van der Waals surface area contributed by atoms with E-state index < -0.39 is 6.04 Å². The Hall–Kier alpha value is -1.78. The molecule has 1 aromatic heterocycles. The zero-order valence-corrected chi connectivity index (χ0v) is 9.59. The monoisotopic (exact) mass is 230 g/mol. The molecule has 0 spiro atoms. The van der Waals surface area contributed by atoms with Gasteiger partial charge in [-0.3, -0.25) is 9.78 Å². The highest BCUT2D eigenvalue weighted by atomic mass is 16.5. The Morgan fingerprint density at radius 2 is 2.29 bits per heavy atom. The summed E-state index contributed by atoms with van der Waals surface area (Å²) in [6.07, 6.45) is 3.40. The Morgan fingerprint density at radius 1 is 1.47 bits per heavy atom. The lowest BCUT2D eigenvalue weighted by Gasteiger charge is -2.11. The molecular formula is C13H14N2O2. The van der Waals surface area contributed by atoms with Crippen molar-refractivity contribution < 1.29 is 9.53 Å². The van der Waals surface area contributed by atoms with E-state index in [9.17, 15) is 4.79 Å². The summed E-state index contributed by atoms with van der Waals surface area (Å²) < 4.78 is 4.90. The first-order valence-corrected chi connectivity index (χ1v) is 5.35. The number of hydrogen-bond donors (Lipinski definition) is 1. The molecule has 0 bridgehead atoms. The van der Waals surface area contributed by atoms with Gasteiger partial charge in [0.25, 0.3) is 0 Å². The van der Waals surface area contributed by atoms with Crippen molar-refractivity contribution in [3.05, 3.63) is 42.2 Å². The number of pyridine rings is 1. The topological polar surface area (TPSA) is 65.2 Å². The molecule has 2 N–H and O–H groups in total. The lowest BCUT2D eigenvalue weighted by Crippen LogP contribution is -2.34. The highest BCUT2D eigenvalue weighted by molar-refractivity contribution is 6.10. The summed E-state index contributed by atoms with van der Waals surface area (Å²) in [5.74, 6) is -0.108. The van der Waals surface area contributed by atoms with Crippen molar-refractivity contribution in [2.75, 3.05) is 13.7 Å². The summed E-state index contributed by atoms with van der Waals surface area (Å²) in [6, 6.07) is 6.72. The number of rotatable bonds is 4. The second kappa shape index (κ2) is 5.03. The third-order valence-corrected chi connectivity index (χ3v) is 2.63. The molecule has 1 heterocycles. The molecule has 4 heteroatoms. The van der Waals surface area contributed by atoms with E-state index in [1.54, 1.807) is 18.5 Å². The third-order valence-electron chi connectivity index (χ3n) is 2.63. The first-order valence-electron chi connectivity index (χ1n) is 5.35. The number of carbonyl (C=O) groups excluding carboxylic acids is 1. The van der Waals surface area contributed by atoms with Crippen LogP contribution in [0.15, 0.2) is 36.7 Å². The maximum Gasteiger partial charge on any atom is 0.182 e. The first kappa shape index (κ1) is 11.7. The fourth-order valence-electron chi connectivity index (χ4n) is 1.79. The van der Waals surface area contributed by atoms with Gasteiger partial charge in [0.15, 0.2) is 5.78 Å². The number of aromatic nitrogens is 1. The quantitative estimate of drug-likeness (QED) is 0.806. The van der Waals surface area contributed by atoms with E-state index in [-0.39, 0.29) is 12.4 Å². The van der Waals surface area contributed by atoms with Gasteiger partial charge in [-0.15, -0.1) is 0 Å². The molecule has 0 aliphatic rings. The van der Waals surface area contributed by atoms with Gasteiger partial charge in [-0.1, -0.05) is 18.2 Å². The van der Waals surface area contributed by atoms with Crippen molar-refractivity contribution in [3.8, 4) is 0 Å². The number of Topliss-reactive ketones (excluding diaryl/α,β-unsaturated/α-hetero) is 1. The predicted molar refractivity (Wildman–Crippen MR) is 65.9 cm³/mol. The Morgan fingerprint density at radius 3 is 3.06 bits per heavy atom. The van der Waals surface area contributed by atoms with Gasteiger partial charge in [0.1, 0.15) is 0 Å². The number of fused-ring (bicyclic) bond motifs is 1. The maximum atomic E-state index is 12.1. The van der Waals surface area contributed by atoms with Crippen molar-refractivity contribution in [2.24, 2.45) is 5.73 Å². The van der Waals surface area contributed by atoms with Crippen molar-refractivity contribution in [1.82, 2.24) is 4.98 Å². The highest BCUT2D eigenvalue weighted by Crippen LogP contribution is 2.18. The van der Waals surface area contributed by atoms with Crippen LogP contribution in [0.1, 0.15) is 10.4 Å². The van der Waals surface area contributed by atoms with Crippen LogP contribution < -0.4 is 5.73 Å². The van der Waals surface area contributed by atoms with Crippen LogP contribution in [0, 0.1) is 0 Å². The van der Waals surface area contributed by atoms with Crippen LogP contribution >= 0.6 is 0 Å². The minimum absolute atomic E-state index is 0.108. The number of nitrogens with zero attached hydrogens (tertiary/aromatic N) is 1. The number of nitrogens with two attached hydrogens (primary N) is 1. The molecule has 2 aromatic rings. The lowest BCUT2D eigenvalue weighted by atomic mass is 9.99. The zero-order valence-electron chi connectivity index (χ0n) is 9.59. The summed E-state index contributed by atoms with van der Waals surface area (Å²) in [7, 11) is 1.53. The smallest absolute Gasteiger partial charge is 0.182 e. The maximum absolute atomic E-state index is 12.1. The molecule has 17 heavy (non-hydrogen) atoms. The van der Waals surface area contributed by atoms with Crippen molar-refractivity contribution in [1.29, 1.82) is 0 Å². The fraction of sp³-hybridized carbons (Fsp3) is 0.231. The van der Waals surface area contributed by atoms with E-state index in [4.69, 9.17) is 10.5 Å². The molecule has 0 aliphatic heterocycles. The standard InChI is InChI=1S/C13H14N2O2/c1-17-8-12(14)13(16)11-4-2-3-9-7-15-6-5-10(9)11/h2-7,12H,8,14H2,1H3. The van der Waals surface area contributed by atoms with Gasteiger partial charge in [0, 0.05) is 30.5 Å². The number of ether oxygens (including phenoxy) is 1. The minimum Gasteiger partial charge on any atom is -0.383 e. The molecule has 0 saturated carbocycles. The van der Waals surface area contributed by atoms with Crippen LogP contribution in [0.2, 0.25) is 0 Å². The molecule has 0 saturated heterocycles. The average molecular weight is 230 g/mol. The van der Waals surface area contributed by atoms with Crippen molar-refractivity contribution in [3.63, 3.8) is 0 Å². The van der Waals surface area contributed by atoms with Gasteiger partial charge in [-0.05, 0) is 11.5 Å². The molecule has 0 aliphatic carbocycles. The van der Waals surface area contributed by atoms with Crippen LogP contribution in [0.3, 0.4) is 0 Å². The molecule has 0 fully saturated rings. The molecule has 1 atom stereocenters. The van der Waals surface area contributed by atoms with E-state index in [1.807, 2.05) is 18.2 Å². The molecule has 2 rings (SSSR count). The Bertz CT molecular complexity index is 534. The summed E-state index contributed by atoms with van der Waals surface area (Å²) in [5, 5.41) is 1.81. The van der Waals surface area contributed by atoms with Crippen LogP contribution in [0.5, 0.6) is 0 Å². The average Bonchev–Trinajstić information content (AvgIpc) is 2.37. The second-order valence-electron chi connectivity index (χ2n) is 3.83. The van der Waals surface area contributed by atoms with Crippen LogP contribution in [-0.4, -0.2) is 30.5 Å². The van der Waals surface area contributed by atoms with Crippen molar-refractivity contribution >= 4 is 16.6 Å². The lowest BCUT2D eigenvalue weighted by molar-refractivity contribution is 0.0894. The number of hydrogen-bond acceptors (Lipinski definition) is 4. The number of methoxy groups -OCH3 is 1. The number of ketones is 1. The molecule has 0 radical (unpaired) electrons. The van der Waals surface area contributed by atoms with E-state index in [0.717, 1.165) is 10.8 Å². The second-order valence-corrected chi connectivity index (χ2v) is 3.83. The highest BCUT2D eigenvalue weighted by Gasteiger charge is 2.17. The fourth-order valence-corrected chi connectivity index (χ4v) is 1.79.